The van der Waals surface area contributed by atoms with Gasteiger partial charge in [-0.3, -0.25) is 0 Å². The van der Waals surface area contributed by atoms with Crippen molar-refractivity contribution in [1.82, 2.24) is 15.0 Å². The topological polar surface area (TPSA) is 164 Å². The van der Waals surface area contributed by atoms with Gasteiger partial charge in [0.05, 0.1) is 4.90 Å². The molecule has 0 aliphatic rings. The summed E-state index contributed by atoms with van der Waals surface area (Å²) in [5, 5.41) is 8.94. The first-order valence-electron chi connectivity index (χ1n) is 7.24. The molecule has 8 N–H and O–H groups in total. The fourth-order valence-electron chi connectivity index (χ4n) is 1.77. The van der Waals surface area contributed by atoms with Gasteiger partial charge in [0.1, 0.15) is 0 Å². The number of nitrogens with two attached hydrogens (primary N) is 2. The van der Waals surface area contributed by atoms with Crippen LogP contribution in [-0.4, -0.2) is 49.9 Å². The zero-order chi connectivity index (χ0) is 17.4. The van der Waals surface area contributed by atoms with Crippen LogP contribution in [0.2, 0.25) is 0 Å². The van der Waals surface area contributed by atoms with Gasteiger partial charge in [0.15, 0.2) is 11.1 Å². The van der Waals surface area contributed by atoms with Crippen LogP contribution in [0.15, 0.2) is 29.2 Å². The Morgan fingerprint density at radius 2 is 1.58 bits per heavy atom. The molecule has 24 heavy (non-hydrogen) atoms. The van der Waals surface area contributed by atoms with Gasteiger partial charge in [-0.15, -0.1) is 0 Å². The van der Waals surface area contributed by atoms with E-state index in [0.717, 1.165) is 0 Å². The van der Waals surface area contributed by atoms with Crippen LogP contribution in [0.25, 0.3) is 0 Å². The van der Waals surface area contributed by atoms with Crippen LogP contribution >= 0.6 is 0 Å². The normalized spacial score (nSPS) is 11.8. The van der Waals surface area contributed by atoms with Gasteiger partial charge in [0.2, 0.25) is 17.8 Å². The van der Waals surface area contributed by atoms with E-state index in [4.69, 9.17) is 16.0 Å². The van der Waals surface area contributed by atoms with Gasteiger partial charge in [-0.2, -0.15) is 15.0 Å². The average molecular weight is 352 g/mol. The molecular formula is C13H20N8O2S. The number of anilines is 4. The summed E-state index contributed by atoms with van der Waals surface area (Å²) in [5.41, 5.74) is 11.5. The van der Waals surface area contributed by atoms with Crippen LogP contribution in [0.4, 0.5) is 23.5 Å². The summed E-state index contributed by atoms with van der Waals surface area (Å²) in [6, 6.07) is 6.49. The Bertz CT molecular complexity index is 673. The summed E-state index contributed by atoms with van der Waals surface area (Å²) >= 11 is -2.06. The van der Waals surface area contributed by atoms with E-state index in [-0.39, 0.29) is 10.8 Å². The van der Waals surface area contributed by atoms with Crippen molar-refractivity contribution in [2.75, 3.05) is 42.1 Å². The highest BCUT2D eigenvalue weighted by Crippen LogP contribution is 2.18. The largest absolute Gasteiger partial charge is 0.353 e. The van der Waals surface area contributed by atoms with E-state index >= 15 is 0 Å². The second kappa shape index (κ2) is 9.08. The molecule has 0 saturated heterocycles. The van der Waals surface area contributed by atoms with Crippen molar-refractivity contribution in [3.63, 3.8) is 0 Å². The highest BCUT2D eigenvalue weighted by atomic mass is 32.2. The van der Waals surface area contributed by atoms with Crippen molar-refractivity contribution in [1.29, 1.82) is 0 Å². The lowest BCUT2D eigenvalue weighted by molar-refractivity contribution is 0.564. The smallest absolute Gasteiger partial charge is 0.233 e. The van der Waals surface area contributed by atoms with E-state index in [0.29, 0.717) is 43.8 Å². The van der Waals surface area contributed by atoms with Crippen molar-refractivity contribution in [3.05, 3.63) is 24.3 Å². The number of hydrogen-bond acceptors (Lipinski definition) is 9. The van der Waals surface area contributed by atoms with Crippen LogP contribution in [0.5, 0.6) is 0 Å². The van der Waals surface area contributed by atoms with Crippen molar-refractivity contribution in [3.8, 4) is 0 Å². The van der Waals surface area contributed by atoms with E-state index in [1.807, 2.05) is 0 Å². The number of rotatable bonds is 9. The summed E-state index contributed by atoms with van der Waals surface area (Å²) in [6.07, 6.45) is 0. The molecule has 0 radical (unpaired) electrons. The fraction of sp³-hybridized carbons (Fsp3) is 0.308. The highest BCUT2D eigenvalue weighted by Gasteiger charge is 2.08. The quantitative estimate of drug-likeness (QED) is 0.337. The molecule has 0 amide bonds. The third-order valence-electron chi connectivity index (χ3n) is 2.78. The number of hydrogen-bond donors (Lipinski definition) is 6. The molecule has 1 heterocycles. The van der Waals surface area contributed by atoms with Gasteiger partial charge in [-0.1, -0.05) is 6.07 Å². The summed E-state index contributed by atoms with van der Waals surface area (Å²) in [7, 11) is 0. The Balaban J connectivity index is 2.23. The molecule has 11 heteroatoms. The molecule has 1 atom stereocenters. The standard InChI is InChI=1S/C13H20N8O2S/c14-4-6-16-11-19-12(17-7-5-15)21-13(20-11)18-9-2-1-3-10(8-9)24(22)23/h1-3,8H,4-7,14-15H2,(H,22,23)(H3,16,17,18,19,20,21). The van der Waals surface area contributed by atoms with Crippen LogP contribution in [0.1, 0.15) is 0 Å². The van der Waals surface area contributed by atoms with Gasteiger partial charge < -0.3 is 32.0 Å². The van der Waals surface area contributed by atoms with Gasteiger partial charge in [0.25, 0.3) is 0 Å². The third-order valence-corrected chi connectivity index (χ3v) is 3.44. The molecule has 0 aliphatic heterocycles. The maximum absolute atomic E-state index is 11.1. The molecule has 1 aromatic heterocycles. The molecule has 2 rings (SSSR count). The van der Waals surface area contributed by atoms with E-state index in [2.05, 4.69) is 30.9 Å². The summed E-state index contributed by atoms with van der Waals surface area (Å²) in [6.45, 7) is 1.90. The first-order chi connectivity index (χ1) is 11.6. The molecule has 0 saturated carbocycles. The predicted octanol–water partition coefficient (Wildman–Crippen LogP) is -0.0630. The molecule has 130 valence electrons. The van der Waals surface area contributed by atoms with E-state index in [1.165, 1.54) is 0 Å². The zero-order valence-corrected chi connectivity index (χ0v) is 13.7. The molecule has 0 bridgehead atoms. The lowest BCUT2D eigenvalue weighted by Gasteiger charge is -2.11. The first-order valence-corrected chi connectivity index (χ1v) is 8.35. The maximum atomic E-state index is 11.1. The number of benzene rings is 1. The first kappa shape index (κ1) is 18.0. The lowest BCUT2D eigenvalue weighted by atomic mass is 10.3. The van der Waals surface area contributed by atoms with Crippen molar-refractivity contribution < 1.29 is 8.76 Å². The monoisotopic (exact) mass is 352 g/mol. The van der Waals surface area contributed by atoms with E-state index in [1.54, 1.807) is 24.3 Å². The minimum Gasteiger partial charge on any atom is -0.353 e. The van der Waals surface area contributed by atoms with Gasteiger partial charge in [0, 0.05) is 31.9 Å². The Kier molecular flexibility index (Phi) is 6.81. The average Bonchev–Trinajstić information content (AvgIpc) is 2.58. The van der Waals surface area contributed by atoms with Gasteiger partial charge in [-0.25, -0.2) is 4.21 Å². The summed E-state index contributed by atoms with van der Waals surface area (Å²) in [4.78, 5) is 13.0. The van der Waals surface area contributed by atoms with Crippen molar-refractivity contribution in [2.24, 2.45) is 11.5 Å². The van der Waals surface area contributed by atoms with Crippen LogP contribution in [0, 0.1) is 0 Å². The Hall–Kier alpha value is -2.34. The fourth-order valence-corrected chi connectivity index (χ4v) is 2.19. The molecule has 0 aliphatic carbocycles. The molecule has 10 nitrogen and oxygen atoms in total. The molecular weight excluding hydrogens is 332 g/mol. The van der Waals surface area contributed by atoms with Crippen LogP contribution in [-0.2, 0) is 11.1 Å². The number of nitrogens with one attached hydrogen (secondary N) is 3. The SMILES string of the molecule is NCCNc1nc(NCCN)nc(Nc2cccc(S(=O)O)c2)n1. The van der Waals surface area contributed by atoms with Crippen molar-refractivity contribution >= 4 is 34.6 Å². The third kappa shape index (κ3) is 5.38. The lowest BCUT2D eigenvalue weighted by Crippen LogP contribution is -2.18. The van der Waals surface area contributed by atoms with E-state index < -0.39 is 11.1 Å². The molecule has 1 aromatic carbocycles. The predicted molar refractivity (Wildman–Crippen MR) is 93.7 cm³/mol. The van der Waals surface area contributed by atoms with Crippen LogP contribution in [0.3, 0.4) is 0 Å². The Labute approximate surface area is 141 Å². The zero-order valence-electron chi connectivity index (χ0n) is 12.9. The molecule has 2 aromatic rings. The molecule has 0 spiro atoms. The maximum Gasteiger partial charge on any atom is 0.233 e. The van der Waals surface area contributed by atoms with Gasteiger partial charge in [-0.05, 0) is 18.2 Å². The van der Waals surface area contributed by atoms with Gasteiger partial charge >= 0.3 is 0 Å². The second-order valence-corrected chi connectivity index (χ2v) is 5.61. The molecule has 1 unspecified atom stereocenters. The summed E-state index contributed by atoms with van der Waals surface area (Å²) < 4.78 is 20.3. The Morgan fingerprint density at radius 1 is 1.00 bits per heavy atom. The number of nitrogens with zero attached hydrogens (tertiary/aromatic N) is 3. The number of aromatic nitrogens is 3. The molecule has 0 fully saturated rings. The highest BCUT2D eigenvalue weighted by molar-refractivity contribution is 7.79. The summed E-state index contributed by atoms with van der Waals surface area (Å²) in [5.74, 6) is 1.00. The minimum absolute atomic E-state index is 0.275. The Morgan fingerprint density at radius 3 is 2.12 bits per heavy atom. The van der Waals surface area contributed by atoms with E-state index in [9.17, 15) is 4.21 Å². The van der Waals surface area contributed by atoms with Crippen LogP contribution < -0.4 is 27.4 Å². The second-order valence-electron chi connectivity index (χ2n) is 4.64. The van der Waals surface area contributed by atoms with Crippen molar-refractivity contribution in [2.45, 2.75) is 4.90 Å². The minimum atomic E-state index is -2.06.